The van der Waals surface area contributed by atoms with Crippen molar-refractivity contribution in [2.75, 3.05) is 13.4 Å². The molecule has 2 aromatic carbocycles. The second kappa shape index (κ2) is 10.4. The molecule has 0 unspecified atom stereocenters. The zero-order valence-corrected chi connectivity index (χ0v) is 21.8. The Kier molecular flexibility index (Phi) is 7.87. The number of nitrogens with zero attached hydrogens (tertiary/aromatic N) is 1. The molecule has 0 fully saturated rings. The maximum absolute atomic E-state index is 13.4. The van der Waals surface area contributed by atoms with E-state index in [0.29, 0.717) is 11.3 Å². The second-order valence-corrected chi connectivity index (χ2v) is 10.9. The predicted molar refractivity (Wildman–Crippen MR) is 134 cm³/mol. The molecule has 0 bridgehead atoms. The van der Waals surface area contributed by atoms with E-state index in [2.05, 4.69) is 5.32 Å². The Hall–Kier alpha value is -3.60. The maximum Gasteiger partial charge on any atom is 0.416 e. The fourth-order valence-corrected chi connectivity index (χ4v) is 4.62. The van der Waals surface area contributed by atoms with Gasteiger partial charge < -0.3 is 14.6 Å². The van der Waals surface area contributed by atoms with Crippen LogP contribution >= 0.6 is 0 Å². The fraction of sp³-hybridized carbons (Fsp3) is 0.308. The lowest BCUT2D eigenvalue weighted by Gasteiger charge is -2.20. The minimum absolute atomic E-state index is 0.00235. The molecule has 1 heterocycles. The van der Waals surface area contributed by atoms with Gasteiger partial charge in [0.25, 0.3) is 5.91 Å². The number of nitrogens with one attached hydrogen (secondary N) is 1. The van der Waals surface area contributed by atoms with Gasteiger partial charge in [0.15, 0.2) is 9.84 Å². The number of amides is 1. The highest BCUT2D eigenvalue weighted by molar-refractivity contribution is 7.90. The van der Waals surface area contributed by atoms with Crippen LogP contribution in [-0.2, 0) is 22.6 Å². The third-order valence-electron chi connectivity index (χ3n) is 5.89. The molecule has 7 nitrogen and oxygen atoms in total. The molecule has 1 amide bonds. The van der Waals surface area contributed by atoms with E-state index in [1.54, 1.807) is 11.5 Å². The van der Waals surface area contributed by atoms with E-state index in [-0.39, 0.29) is 39.9 Å². The molecule has 0 saturated heterocycles. The molecule has 0 saturated carbocycles. The van der Waals surface area contributed by atoms with E-state index in [0.717, 1.165) is 18.4 Å². The van der Waals surface area contributed by atoms with Gasteiger partial charge in [-0.1, -0.05) is 18.2 Å². The van der Waals surface area contributed by atoms with Crippen LogP contribution in [0.15, 0.2) is 58.4 Å². The summed E-state index contributed by atoms with van der Waals surface area (Å²) in [6.07, 6.45) is -2.15. The van der Waals surface area contributed by atoms with Crippen molar-refractivity contribution in [1.82, 2.24) is 9.88 Å². The molecule has 0 aliphatic rings. The highest BCUT2D eigenvalue weighted by atomic mass is 32.2. The molecule has 0 radical (unpaired) electrons. The lowest BCUT2D eigenvalue weighted by atomic mass is 9.98. The monoisotopic (exact) mass is 536 g/mol. The lowest BCUT2D eigenvalue weighted by Crippen LogP contribution is -2.31. The highest BCUT2D eigenvalue weighted by Crippen LogP contribution is 2.32. The van der Waals surface area contributed by atoms with Crippen LogP contribution in [0.3, 0.4) is 0 Å². The van der Waals surface area contributed by atoms with Crippen LogP contribution in [0, 0.1) is 6.92 Å². The first kappa shape index (κ1) is 28.0. The van der Waals surface area contributed by atoms with E-state index in [9.17, 15) is 31.2 Å². The topological polar surface area (TPSA) is 94.5 Å². The van der Waals surface area contributed by atoms with Crippen LogP contribution < -0.4 is 15.5 Å². The molecule has 1 aromatic heterocycles. The number of rotatable bonds is 7. The maximum atomic E-state index is 13.4. The van der Waals surface area contributed by atoms with Gasteiger partial charge in [0.1, 0.15) is 11.3 Å². The molecule has 11 heteroatoms. The Balaban J connectivity index is 2.04. The van der Waals surface area contributed by atoms with Crippen molar-refractivity contribution in [2.24, 2.45) is 0 Å². The number of benzene rings is 2. The number of hydrogen-bond acceptors (Lipinski definition) is 5. The standard InChI is InChI=1S/C26H27F3N2O5S/c1-15(2)31-14-21(24(32)23(16(31)3)17-7-6-8-19(11-17)26(27,28)29)25(33)30-13-18-9-10-20(37(5,34)35)12-22(18)36-4/h6-12,14-15H,13H2,1-5H3,(H,30,33). The van der Waals surface area contributed by atoms with Crippen molar-refractivity contribution in [3.8, 4) is 16.9 Å². The third kappa shape index (κ3) is 6.04. The normalized spacial score (nSPS) is 12.0. The van der Waals surface area contributed by atoms with Crippen LogP contribution in [0.4, 0.5) is 13.2 Å². The van der Waals surface area contributed by atoms with Crippen molar-refractivity contribution in [3.05, 3.63) is 81.3 Å². The number of pyridine rings is 1. The van der Waals surface area contributed by atoms with Gasteiger partial charge in [0, 0.05) is 41.9 Å². The van der Waals surface area contributed by atoms with Crippen LogP contribution in [0.1, 0.15) is 47.1 Å². The molecule has 0 aliphatic carbocycles. The summed E-state index contributed by atoms with van der Waals surface area (Å²) < 4.78 is 70.5. The second-order valence-electron chi connectivity index (χ2n) is 8.84. The SMILES string of the molecule is COc1cc(S(C)(=O)=O)ccc1CNC(=O)c1cn(C(C)C)c(C)c(-c2cccc(C(F)(F)F)c2)c1=O. The quantitative estimate of drug-likeness (QED) is 0.470. The van der Waals surface area contributed by atoms with Crippen molar-refractivity contribution in [1.29, 1.82) is 0 Å². The summed E-state index contributed by atoms with van der Waals surface area (Å²) in [7, 11) is -2.12. The van der Waals surface area contributed by atoms with Gasteiger partial charge in [-0.2, -0.15) is 13.2 Å². The van der Waals surface area contributed by atoms with E-state index >= 15 is 0 Å². The smallest absolute Gasteiger partial charge is 0.416 e. The number of methoxy groups -OCH3 is 1. The van der Waals surface area contributed by atoms with Gasteiger partial charge >= 0.3 is 6.18 Å². The van der Waals surface area contributed by atoms with Gasteiger partial charge in [0.2, 0.25) is 5.43 Å². The summed E-state index contributed by atoms with van der Waals surface area (Å²) in [4.78, 5) is 26.6. The molecule has 0 spiro atoms. The molecule has 0 atom stereocenters. The van der Waals surface area contributed by atoms with Crippen molar-refractivity contribution in [3.63, 3.8) is 0 Å². The van der Waals surface area contributed by atoms with Crippen LogP contribution in [-0.4, -0.2) is 32.3 Å². The van der Waals surface area contributed by atoms with E-state index in [1.807, 2.05) is 13.8 Å². The first-order chi connectivity index (χ1) is 17.1. The number of alkyl halides is 3. The minimum atomic E-state index is -4.60. The number of ether oxygens (including phenoxy) is 1. The molecule has 0 aliphatic heterocycles. The van der Waals surface area contributed by atoms with Gasteiger partial charge in [-0.3, -0.25) is 9.59 Å². The molecule has 1 N–H and O–H groups in total. The fourth-order valence-electron chi connectivity index (χ4n) is 3.98. The average Bonchev–Trinajstić information content (AvgIpc) is 2.81. The Labute approximate surface area is 212 Å². The zero-order valence-electron chi connectivity index (χ0n) is 20.9. The largest absolute Gasteiger partial charge is 0.496 e. The molecule has 3 rings (SSSR count). The summed E-state index contributed by atoms with van der Waals surface area (Å²) in [5.74, 6) is -0.502. The minimum Gasteiger partial charge on any atom is -0.496 e. The van der Waals surface area contributed by atoms with Crippen molar-refractivity contribution >= 4 is 15.7 Å². The Morgan fingerprint density at radius 1 is 1.14 bits per heavy atom. The third-order valence-corrected chi connectivity index (χ3v) is 7.00. The van der Waals surface area contributed by atoms with Crippen molar-refractivity contribution in [2.45, 2.75) is 44.4 Å². The number of carbonyl (C=O) groups excluding carboxylic acids is 1. The van der Waals surface area contributed by atoms with E-state index in [1.165, 1.54) is 43.6 Å². The molecule has 3 aromatic rings. The first-order valence-corrected chi connectivity index (χ1v) is 13.1. The number of halogens is 3. The van der Waals surface area contributed by atoms with Crippen LogP contribution in [0.2, 0.25) is 0 Å². The highest BCUT2D eigenvalue weighted by Gasteiger charge is 2.31. The Morgan fingerprint density at radius 3 is 2.38 bits per heavy atom. The Morgan fingerprint density at radius 2 is 1.81 bits per heavy atom. The molecule has 198 valence electrons. The summed E-state index contributed by atoms with van der Waals surface area (Å²) in [5.41, 5.74) is -0.892. The van der Waals surface area contributed by atoms with E-state index < -0.39 is 32.9 Å². The number of hydrogen-bond donors (Lipinski definition) is 1. The first-order valence-electron chi connectivity index (χ1n) is 11.2. The summed E-state index contributed by atoms with van der Waals surface area (Å²) in [6, 6.07) is 8.44. The van der Waals surface area contributed by atoms with Crippen molar-refractivity contribution < 1.29 is 31.1 Å². The number of aromatic nitrogens is 1. The lowest BCUT2D eigenvalue weighted by molar-refractivity contribution is -0.137. The van der Waals surface area contributed by atoms with Gasteiger partial charge in [0.05, 0.1) is 17.6 Å². The summed E-state index contributed by atoms with van der Waals surface area (Å²) in [5, 5.41) is 2.63. The number of sulfone groups is 1. The molecular weight excluding hydrogens is 509 g/mol. The van der Waals surface area contributed by atoms with E-state index in [4.69, 9.17) is 4.74 Å². The summed E-state index contributed by atoms with van der Waals surface area (Å²) >= 11 is 0. The molecular formula is C26H27F3N2O5S. The average molecular weight is 537 g/mol. The number of carbonyl (C=O) groups is 1. The van der Waals surface area contributed by atoms with Gasteiger partial charge in [-0.15, -0.1) is 0 Å². The van der Waals surface area contributed by atoms with Gasteiger partial charge in [-0.25, -0.2) is 8.42 Å². The Bertz CT molecular complexity index is 1510. The zero-order chi connectivity index (χ0) is 27.7. The van der Waals surface area contributed by atoms with Gasteiger partial charge in [-0.05, 0) is 50.6 Å². The predicted octanol–water partition coefficient (Wildman–Crippen LogP) is 4.77. The van der Waals surface area contributed by atoms with Crippen LogP contribution in [0.5, 0.6) is 5.75 Å². The molecule has 37 heavy (non-hydrogen) atoms. The van der Waals surface area contributed by atoms with Crippen LogP contribution in [0.25, 0.3) is 11.1 Å². The summed E-state index contributed by atoms with van der Waals surface area (Å²) in [6.45, 7) is 5.18.